The van der Waals surface area contributed by atoms with Crippen LogP contribution in [0.2, 0.25) is 0 Å². The van der Waals surface area contributed by atoms with Crippen LogP contribution in [0.4, 0.5) is 0 Å². The summed E-state index contributed by atoms with van der Waals surface area (Å²) in [5.74, 6) is 3.07. The lowest BCUT2D eigenvalue weighted by atomic mass is 9.87. The first-order chi connectivity index (χ1) is 8.76. The molecule has 0 aromatic carbocycles. The molecule has 2 N–H and O–H groups in total. The summed E-state index contributed by atoms with van der Waals surface area (Å²) in [6.07, 6.45) is 8.63. The first kappa shape index (κ1) is 15.7. The van der Waals surface area contributed by atoms with E-state index in [9.17, 15) is 0 Å². The smallest absolute Gasteiger partial charge is 0.191 e. The van der Waals surface area contributed by atoms with Crippen LogP contribution in [0.3, 0.4) is 0 Å². The molecule has 3 nitrogen and oxygen atoms in total. The summed E-state index contributed by atoms with van der Waals surface area (Å²) in [6.45, 7) is 6.36. The van der Waals surface area contributed by atoms with Crippen molar-refractivity contribution in [3.8, 4) is 0 Å². The van der Waals surface area contributed by atoms with Gasteiger partial charge in [-0.15, -0.1) is 0 Å². The highest BCUT2D eigenvalue weighted by Gasteiger charge is 2.19. The minimum atomic E-state index is 0.618. The molecule has 0 amide bonds. The van der Waals surface area contributed by atoms with Crippen molar-refractivity contribution >= 4 is 17.7 Å². The van der Waals surface area contributed by atoms with Crippen LogP contribution in [0.25, 0.3) is 0 Å². The molecule has 1 fully saturated rings. The third-order valence-corrected chi connectivity index (χ3v) is 4.09. The Hall–Kier alpha value is -0.380. The highest BCUT2D eigenvalue weighted by atomic mass is 32.2. The zero-order valence-corrected chi connectivity index (χ0v) is 13.0. The van der Waals surface area contributed by atoms with Gasteiger partial charge in [0.1, 0.15) is 0 Å². The number of aliphatic imine (C=N–C) groups is 1. The Morgan fingerprint density at radius 3 is 2.89 bits per heavy atom. The van der Waals surface area contributed by atoms with E-state index in [-0.39, 0.29) is 0 Å². The van der Waals surface area contributed by atoms with E-state index in [1.54, 1.807) is 0 Å². The molecule has 1 rings (SSSR count). The average molecular weight is 271 g/mol. The predicted molar refractivity (Wildman–Crippen MR) is 83.5 cm³/mol. The summed E-state index contributed by atoms with van der Waals surface area (Å²) in [5, 5.41) is 6.95. The first-order valence-electron chi connectivity index (χ1n) is 7.30. The number of nitrogens with zero attached hydrogens (tertiary/aromatic N) is 1. The summed E-state index contributed by atoms with van der Waals surface area (Å²) < 4.78 is 0. The standard InChI is InChI=1S/C14H29N3S/c1-4-15-14(16-9-6-10-18-3)17-13-8-5-7-12(2)11-13/h12-13H,4-11H2,1-3H3,(H2,15,16,17). The average Bonchev–Trinajstić information content (AvgIpc) is 2.35. The van der Waals surface area contributed by atoms with Crippen molar-refractivity contribution in [2.75, 3.05) is 25.1 Å². The highest BCUT2D eigenvalue weighted by molar-refractivity contribution is 7.98. The molecular formula is C14H29N3S. The van der Waals surface area contributed by atoms with E-state index in [0.29, 0.717) is 6.04 Å². The number of rotatable bonds is 6. The van der Waals surface area contributed by atoms with Gasteiger partial charge < -0.3 is 10.6 Å². The van der Waals surface area contributed by atoms with Crippen LogP contribution in [0.1, 0.15) is 46.0 Å². The fourth-order valence-electron chi connectivity index (χ4n) is 2.48. The maximum absolute atomic E-state index is 4.65. The molecule has 2 unspecified atom stereocenters. The molecule has 2 atom stereocenters. The van der Waals surface area contributed by atoms with Gasteiger partial charge in [-0.05, 0) is 44.1 Å². The van der Waals surface area contributed by atoms with Crippen molar-refractivity contribution in [2.45, 2.75) is 52.0 Å². The van der Waals surface area contributed by atoms with Crippen molar-refractivity contribution in [1.29, 1.82) is 0 Å². The van der Waals surface area contributed by atoms with Crippen LogP contribution < -0.4 is 10.6 Å². The van der Waals surface area contributed by atoms with E-state index in [2.05, 4.69) is 35.7 Å². The van der Waals surface area contributed by atoms with E-state index in [1.165, 1.54) is 37.9 Å². The van der Waals surface area contributed by atoms with E-state index in [4.69, 9.17) is 0 Å². The lowest BCUT2D eigenvalue weighted by molar-refractivity contribution is 0.324. The molecule has 0 heterocycles. The van der Waals surface area contributed by atoms with Gasteiger partial charge in [-0.1, -0.05) is 19.8 Å². The van der Waals surface area contributed by atoms with Gasteiger partial charge in [0.05, 0.1) is 0 Å². The first-order valence-corrected chi connectivity index (χ1v) is 8.69. The van der Waals surface area contributed by atoms with Gasteiger partial charge in [-0.3, -0.25) is 4.99 Å². The van der Waals surface area contributed by atoms with Crippen molar-refractivity contribution in [2.24, 2.45) is 10.9 Å². The molecule has 0 aromatic heterocycles. The Bertz CT molecular complexity index is 243. The second-order valence-corrected chi connectivity index (χ2v) is 6.21. The Morgan fingerprint density at radius 1 is 1.39 bits per heavy atom. The number of hydrogen-bond acceptors (Lipinski definition) is 2. The molecule has 1 aliphatic rings. The minimum Gasteiger partial charge on any atom is -0.357 e. The number of thioether (sulfide) groups is 1. The van der Waals surface area contributed by atoms with Crippen molar-refractivity contribution in [3.05, 3.63) is 0 Å². The highest BCUT2D eigenvalue weighted by Crippen LogP contribution is 2.23. The predicted octanol–water partition coefficient (Wildman–Crippen LogP) is 2.87. The number of nitrogens with one attached hydrogen (secondary N) is 2. The van der Waals surface area contributed by atoms with E-state index >= 15 is 0 Å². The monoisotopic (exact) mass is 271 g/mol. The van der Waals surface area contributed by atoms with Gasteiger partial charge in [0, 0.05) is 19.1 Å². The van der Waals surface area contributed by atoms with Gasteiger partial charge in [0.25, 0.3) is 0 Å². The summed E-state index contributed by atoms with van der Waals surface area (Å²) in [6, 6.07) is 0.618. The topological polar surface area (TPSA) is 36.4 Å². The molecule has 0 saturated heterocycles. The summed E-state index contributed by atoms with van der Waals surface area (Å²) >= 11 is 1.89. The lowest BCUT2D eigenvalue weighted by Gasteiger charge is -2.28. The van der Waals surface area contributed by atoms with Gasteiger partial charge in [-0.2, -0.15) is 11.8 Å². The quantitative estimate of drug-likeness (QED) is 0.443. The van der Waals surface area contributed by atoms with Crippen molar-refractivity contribution in [3.63, 3.8) is 0 Å². The summed E-state index contributed by atoms with van der Waals surface area (Å²) in [7, 11) is 0. The normalized spacial score (nSPS) is 24.9. The van der Waals surface area contributed by atoms with Crippen LogP contribution >= 0.6 is 11.8 Å². The molecule has 0 radical (unpaired) electrons. The van der Waals surface area contributed by atoms with Crippen LogP contribution in [-0.4, -0.2) is 37.1 Å². The fraction of sp³-hybridized carbons (Fsp3) is 0.929. The Morgan fingerprint density at radius 2 is 2.22 bits per heavy atom. The molecule has 1 saturated carbocycles. The molecule has 1 aliphatic carbocycles. The molecule has 0 spiro atoms. The molecule has 106 valence electrons. The van der Waals surface area contributed by atoms with Crippen LogP contribution in [0.15, 0.2) is 4.99 Å². The van der Waals surface area contributed by atoms with Gasteiger partial charge >= 0.3 is 0 Å². The Kier molecular flexibility index (Phi) is 8.31. The maximum Gasteiger partial charge on any atom is 0.191 e. The van der Waals surface area contributed by atoms with E-state index in [0.717, 1.165) is 25.0 Å². The van der Waals surface area contributed by atoms with Crippen LogP contribution in [-0.2, 0) is 0 Å². The molecule has 0 aliphatic heterocycles. The molecule has 0 aromatic rings. The summed E-state index contributed by atoms with van der Waals surface area (Å²) in [4.78, 5) is 4.65. The summed E-state index contributed by atoms with van der Waals surface area (Å²) in [5.41, 5.74) is 0. The van der Waals surface area contributed by atoms with Crippen molar-refractivity contribution in [1.82, 2.24) is 10.6 Å². The van der Waals surface area contributed by atoms with Gasteiger partial charge in [-0.25, -0.2) is 0 Å². The van der Waals surface area contributed by atoms with Crippen LogP contribution in [0, 0.1) is 5.92 Å². The fourth-order valence-corrected chi connectivity index (χ4v) is 2.90. The zero-order chi connectivity index (χ0) is 13.2. The van der Waals surface area contributed by atoms with Crippen molar-refractivity contribution < 1.29 is 0 Å². The Labute approximate surface area is 117 Å². The number of guanidine groups is 1. The molecular weight excluding hydrogens is 242 g/mol. The minimum absolute atomic E-state index is 0.618. The molecule has 18 heavy (non-hydrogen) atoms. The maximum atomic E-state index is 4.65. The largest absolute Gasteiger partial charge is 0.357 e. The lowest BCUT2D eigenvalue weighted by Crippen LogP contribution is -2.45. The second-order valence-electron chi connectivity index (χ2n) is 5.22. The van der Waals surface area contributed by atoms with Crippen LogP contribution in [0.5, 0.6) is 0 Å². The third-order valence-electron chi connectivity index (χ3n) is 3.40. The number of hydrogen-bond donors (Lipinski definition) is 2. The Balaban J connectivity index is 2.35. The van der Waals surface area contributed by atoms with E-state index < -0.39 is 0 Å². The second kappa shape index (κ2) is 9.54. The van der Waals surface area contributed by atoms with E-state index in [1.807, 2.05) is 11.8 Å². The SMILES string of the molecule is CCNC(=NCCCSC)NC1CCCC(C)C1. The third kappa shape index (κ3) is 6.53. The molecule has 4 heteroatoms. The van der Waals surface area contributed by atoms with Gasteiger partial charge in [0.15, 0.2) is 5.96 Å². The zero-order valence-electron chi connectivity index (χ0n) is 12.2. The molecule has 0 bridgehead atoms. The van der Waals surface area contributed by atoms with Gasteiger partial charge in [0.2, 0.25) is 0 Å².